The third-order valence-electron chi connectivity index (χ3n) is 2.70. The molecule has 2 rings (SSSR count). The SMILES string of the molecule is Cc1nn(C)cc1CNCc1cc(O)cc(F)c1. The van der Waals surface area contributed by atoms with Gasteiger partial charge in [0.25, 0.3) is 0 Å². The van der Waals surface area contributed by atoms with Crippen LogP contribution in [0.25, 0.3) is 0 Å². The van der Waals surface area contributed by atoms with Gasteiger partial charge in [0.05, 0.1) is 5.69 Å². The van der Waals surface area contributed by atoms with Crippen molar-refractivity contribution in [3.8, 4) is 5.75 Å². The van der Waals surface area contributed by atoms with Gasteiger partial charge in [-0.2, -0.15) is 5.10 Å². The molecule has 1 heterocycles. The molecular formula is C13H16FN3O. The van der Waals surface area contributed by atoms with E-state index in [4.69, 9.17) is 0 Å². The maximum Gasteiger partial charge on any atom is 0.127 e. The van der Waals surface area contributed by atoms with Crippen LogP contribution in [0.4, 0.5) is 4.39 Å². The molecule has 0 saturated carbocycles. The van der Waals surface area contributed by atoms with Gasteiger partial charge in [-0.1, -0.05) is 0 Å². The van der Waals surface area contributed by atoms with Crippen molar-refractivity contribution in [2.24, 2.45) is 7.05 Å². The molecule has 0 amide bonds. The summed E-state index contributed by atoms with van der Waals surface area (Å²) in [4.78, 5) is 0. The molecule has 0 saturated heterocycles. The van der Waals surface area contributed by atoms with E-state index in [1.165, 1.54) is 6.07 Å². The molecule has 4 nitrogen and oxygen atoms in total. The van der Waals surface area contributed by atoms with Gasteiger partial charge in [0, 0.05) is 38.0 Å². The molecule has 0 aliphatic heterocycles. The first-order chi connectivity index (χ1) is 8.54. The lowest BCUT2D eigenvalue weighted by atomic mass is 10.2. The fourth-order valence-electron chi connectivity index (χ4n) is 1.90. The van der Waals surface area contributed by atoms with E-state index < -0.39 is 5.82 Å². The number of benzene rings is 1. The monoisotopic (exact) mass is 249 g/mol. The smallest absolute Gasteiger partial charge is 0.127 e. The second-order valence-electron chi connectivity index (χ2n) is 4.33. The maximum atomic E-state index is 13.0. The molecule has 5 heteroatoms. The van der Waals surface area contributed by atoms with Gasteiger partial charge in [0.15, 0.2) is 0 Å². The normalized spacial score (nSPS) is 10.8. The molecule has 0 fully saturated rings. The van der Waals surface area contributed by atoms with Crippen LogP contribution in [0, 0.1) is 12.7 Å². The Labute approximate surface area is 105 Å². The number of phenolic OH excluding ortho intramolecular Hbond substituents is 1. The van der Waals surface area contributed by atoms with Gasteiger partial charge in [-0.3, -0.25) is 4.68 Å². The molecular weight excluding hydrogens is 233 g/mol. The van der Waals surface area contributed by atoms with Gasteiger partial charge in [0.2, 0.25) is 0 Å². The Kier molecular flexibility index (Phi) is 3.62. The minimum absolute atomic E-state index is 0.0515. The average molecular weight is 249 g/mol. The van der Waals surface area contributed by atoms with Crippen LogP contribution in [-0.4, -0.2) is 14.9 Å². The van der Waals surface area contributed by atoms with Crippen molar-refractivity contribution in [1.29, 1.82) is 0 Å². The Bertz CT molecular complexity index is 531. The van der Waals surface area contributed by atoms with Crippen LogP contribution in [0.1, 0.15) is 16.8 Å². The van der Waals surface area contributed by atoms with E-state index >= 15 is 0 Å². The van der Waals surface area contributed by atoms with Gasteiger partial charge >= 0.3 is 0 Å². The van der Waals surface area contributed by atoms with E-state index in [1.807, 2.05) is 20.2 Å². The van der Waals surface area contributed by atoms with Crippen molar-refractivity contribution in [2.75, 3.05) is 0 Å². The highest BCUT2D eigenvalue weighted by Crippen LogP contribution is 2.14. The zero-order valence-corrected chi connectivity index (χ0v) is 10.4. The maximum absolute atomic E-state index is 13.0. The number of aryl methyl sites for hydroxylation is 2. The summed E-state index contributed by atoms with van der Waals surface area (Å²) in [5, 5.41) is 16.7. The van der Waals surface area contributed by atoms with E-state index in [2.05, 4.69) is 10.4 Å². The summed E-state index contributed by atoms with van der Waals surface area (Å²) in [5.74, 6) is -0.478. The van der Waals surface area contributed by atoms with Crippen molar-refractivity contribution in [3.05, 3.63) is 47.0 Å². The molecule has 1 aromatic carbocycles. The van der Waals surface area contributed by atoms with Crippen molar-refractivity contribution in [1.82, 2.24) is 15.1 Å². The standard InChI is InChI=1S/C13H16FN3O/c1-9-11(8-17(2)16-9)7-15-6-10-3-12(14)5-13(18)4-10/h3-5,8,15,18H,6-7H2,1-2H3. The van der Waals surface area contributed by atoms with Crippen LogP contribution in [0.5, 0.6) is 5.75 Å². The highest BCUT2D eigenvalue weighted by molar-refractivity contribution is 5.28. The van der Waals surface area contributed by atoms with E-state index in [0.29, 0.717) is 18.7 Å². The van der Waals surface area contributed by atoms with Crippen LogP contribution in [0.3, 0.4) is 0 Å². The first kappa shape index (κ1) is 12.6. The quantitative estimate of drug-likeness (QED) is 0.869. The molecule has 0 spiro atoms. The first-order valence-electron chi connectivity index (χ1n) is 5.73. The molecule has 0 radical (unpaired) electrons. The molecule has 0 aliphatic rings. The number of nitrogens with zero attached hydrogens (tertiary/aromatic N) is 2. The Hall–Kier alpha value is -1.88. The zero-order valence-electron chi connectivity index (χ0n) is 10.4. The third kappa shape index (κ3) is 3.07. The molecule has 96 valence electrons. The summed E-state index contributed by atoms with van der Waals surface area (Å²) in [5.41, 5.74) is 2.80. The summed E-state index contributed by atoms with van der Waals surface area (Å²) < 4.78 is 14.8. The summed E-state index contributed by atoms with van der Waals surface area (Å²) in [6.45, 7) is 3.11. The summed E-state index contributed by atoms with van der Waals surface area (Å²) in [6.07, 6.45) is 1.95. The largest absolute Gasteiger partial charge is 0.508 e. The Balaban J connectivity index is 1.94. The number of halogens is 1. The average Bonchev–Trinajstić information content (AvgIpc) is 2.56. The van der Waals surface area contributed by atoms with Crippen LogP contribution in [0.15, 0.2) is 24.4 Å². The molecule has 0 unspecified atom stereocenters. The van der Waals surface area contributed by atoms with Crippen LogP contribution in [0.2, 0.25) is 0 Å². The highest BCUT2D eigenvalue weighted by atomic mass is 19.1. The molecule has 0 aliphatic carbocycles. The predicted octanol–water partition coefficient (Wildman–Crippen LogP) is 1.86. The van der Waals surface area contributed by atoms with Crippen LogP contribution < -0.4 is 5.32 Å². The van der Waals surface area contributed by atoms with Crippen molar-refractivity contribution in [3.63, 3.8) is 0 Å². The topological polar surface area (TPSA) is 50.1 Å². The molecule has 2 N–H and O–H groups in total. The third-order valence-corrected chi connectivity index (χ3v) is 2.70. The molecule has 0 bridgehead atoms. The minimum Gasteiger partial charge on any atom is -0.508 e. The molecule has 2 aromatic rings. The zero-order chi connectivity index (χ0) is 13.1. The lowest BCUT2D eigenvalue weighted by molar-refractivity contribution is 0.467. The number of hydrogen-bond donors (Lipinski definition) is 2. The number of phenols is 1. The second kappa shape index (κ2) is 5.18. The van der Waals surface area contributed by atoms with Gasteiger partial charge in [0.1, 0.15) is 11.6 Å². The van der Waals surface area contributed by atoms with Crippen LogP contribution in [-0.2, 0) is 20.1 Å². The van der Waals surface area contributed by atoms with Gasteiger partial charge < -0.3 is 10.4 Å². The molecule has 0 atom stereocenters. The van der Waals surface area contributed by atoms with E-state index in [1.54, 1.807) is 10.7 Å². The number of rotatable bonds is 4. The lowest BCUT2D eigenvalue weighted by Crippen LogP contribution is -2.13. The Morgan fingerprint density at radius 3 is 2.72 bits per heavy atom. The number of aromatic nitrogens is 2. The fraction of sp³-hybridized carbons (Fsp3) is 0.308. The minimum atomic E-state index is -0.427. The van der Waals surface area contributed by atoms with Crippen molar-refractivity contribution in [2.45, 2.75) is 20.0 Å². The predicted molar refractivity (Wildman–Crippen MR) is 66.6 cm³/mol. The van der Waals surface area contributed by atoms with Gasteiger partial charge in [-0.05, 0) is 24.6 Å². The van der Waals surface area contributed by atoms with E-state index in [0.717, 1.165) is 17.3 Å². The lowest BCUT2D eigenvalue weighted by Gasteiger charge is -2.05. The van der Waals surface area contributed by atoms with Crippen LogP contribution >= 0.6 is 0 Å². The Morgan fingerprint density at radius 2 is 2.11 bits per heavy atom. The molecule has 18 heavy (non-hydrogen) atoms. The number of nitrogens with one attached hydrogen (secondary N) is 1. The van der Waals surface area contributed by atoms with Gasteiger partial charge in [-0.25, -0.2) is 4.39 Å². The fourth-order valence-corrected chi connectivity index (χ4v) is 1.90. The van der Waals surface area contributed by atoms with Gasteiger partial charge in [-0.15, -0.1) is 0 Å². The Morgan fingerprint density at radius 1 is 1.33 bits per heavy atom. The second-order valence-corrected chi connectivity index (χ2v) is 4.33. The summed E-state index contributed by atoms with van der Waals surface area (Å²) in [6, 6.07) is 4.05. The highest BCUT2D eigenvalue weighted by Gasteiger charge is 2.03. The first-order valence-corrected chi connectivity index (χ1v) is 5.73. The number of hydrogen-bond acceptors (Lipinski definition) is 3. The molecule has 1 aromatic heterocycles. The number of aromatic hydroxyl groups is 1. The van der Waals surface area contributed by atoms with Crippen molar-refractivity contribution < 1.29 is 9.50 Å². The summed E-state index contributed by atoms with van der Waals surface area (Å²) in [7, 11) is 1.88. The van der Waals surface area contributed by atoms with E-state index in [9.17, 15) is 9.50 Å². The van der Waals surface area contributed by atoms with Crippen molar-refractivity contribution >= 4 is 0 Å². The van der Waals surface area contributed by atoms with E-state index in [-0.39, 0.29) is 5.75 Å². The summed E-state index contributed by atoms with van der Waals surface area (Å²) >= 11 is 0.